The second-order valence-corrected chi connectivity index (χ2v) is 9.96. The Morgan fingerprint density at radius 1 is 1.00 bits per heavy atom. The van der Waals surface area contributed by atoms with Crippen molar-refractivity contribution in [3.63, 3.8) is 0 Å². The van der Waals surface area contributed by atoms with Gasteiger partial charge >= 0.3 is 0 Å². The van der Waals surface area contributed by atoms with E-state index in [2.05, 4.69) is 90.1 Å². The van der Waals surface area contributed by atoms with Gasteiger partial charge in [0.2, 0.25) is 5.91 Å². The van der Waals surface area contributed by atoms with Crippen LogP contribution in [0.1, 0.15) is 62.5 Å². The quantitative estimate of drug-likeness (QED) is 0.374. The first kappa shape index (κ1) is 23.6. The van der Waals surface area contributed by atoms with Crippen LogP contribution in [0.5, 0.6) is 0 Å². The fourth-order valence-corrected chi connectivity index (χ4v) is 5.56. The number of hydrogen-bond acceptors (Lipinski definition) is 2. The first-order valence-corrected chi connectivity index (χ1v) is 12.6. The normalized spacial score (nSPS) is 20.9. The summed E-state index contributed by atoms with van der Waals surface area (Å²) >= 11 is 0. The Bertz CT molecular complexity index is 1020. The van der Waals surface area contributed by atoms with Crippen LogP contribution in [0.3, 0.4) is 0 Å². The molecule has 0 bridgehead atoms. The molecule has 0 unspecified atom stereocenters. The van der Waals surface area contributed by atoms with Crippen LogP contribution in [-0.4, -0.2) is 36.4 Å². The number of nitrogens with zero attached hydrogens (tertiary/aromatic N) is 1. The topological polar surface area (TPSA) is 48.1 Å². The first-order valence-electron chi connectivity index (χ1n) is 12.6. The summed E-state index contributed by atoms with van der Waals surface area (Å²) in [4.78, 5) is 18.1. The number of amides is 1. The van der Waals surface area contributed by atoms with Crippen LogP contribution in [0.15, 0.2) is 60.8 Å². The molecule has 1 amide bonds. The molecule has 1 aliphatic rings. The third kappa shape index (κ3) is 5.67. The van der Waals surface area contributed by atoms with Crippen LogP contribution in [0, 0.1) is 5.92 Å². The van der Waals surface area contributed by atoms with Crippen LogP contribution in [0.2, 0.25) is 0 Å². The molecule has 2 aromatic carbocycles. The van der Waals surface area contributed by atoms with E-state index in [1.54, 1.807) is 0 Å². The zero-order valence-corrected chi connectivity index (χ0v) is 20.3. The molecule has 1 saturated carbocycles. The molecular weight excluding hydrogens is 406 g/mol. The van der Waals surface area contributed by atoms with Gasteiger partial charge in [0.05, 0.1) is 0 Å². The van der Waals surface area contributed by atoms with Gasteiger partial charge in [-0.25, -0.2) is 0 Å². The molecule has 1 fully saturated rings. The highest BCUT2D eigenvalue weighted by Crippen LogP contribution is 2.42. The number of nitrogens with one attached hydrogen (secondary N) is 2. The van der Waals surface area contributed by atoms with Gasteiger partial charge in [-0.15, -0.1) is 0 Å². The van der Waals surface area contributed by atoms with Crippen molar-refractivity contribution in [1.29, 1.82) is 0 Å². The minimum absolute atomic E-state index is 0.132. The van der Waals surface area contributed by atoms with Crippen molar-refractivity contribution in [3.05, 3.63) is 71.9 Å². The van der Waals surface area contributed by atoms with Crippen molar-refractivity contribution < 1.29 is 4.79 Å². The maximum atomic E-state index is 12.4. The zero-order valence-electron chi connectivity index (χ0n) is 20.3. The number of aryl methyl sites for hydroxylation is 1. The molecular formula is C29H39N3O. The first-order chi connectivity index (χ1) is 16.1. The summed E-state index contributed by atoms with van der Waals surface area (Å²) in [7, 11) is 4.40. The molecule has 176 valence electrons. The van der Waals surface area contributed by atoms with Gasteiger partial charge in [0.15, 0.2) is 0 Å². The van der Waals surface area contributed by atoms with Crippen LogP contribution in [-0.2, 0) is 16.8 Å². The molecule has 3 aromatic rings. The SMILES string of the molecule is CN(C)C1(c2ccccc2)CCC(CNC(=O)CCCCCc2c[nH]c3ccccc23)CC1. The van der Waals surface area contributed by atoms with Crippen molar-refractivity contribution in [2.45, 2.75) is 63.3 Å². The number of fused-ring (bicyclic) bond motifs is 1. The van der Waals surface area contributed by atoms with Gasteiger partial charge in [0.1, 0.15) is 0 Å². The van der Waals surface area contributed by atoms with Gasteiger partial charge in [0.25, 0.3) is 0 Å². The molecule has 0 spiro atoms. The summed E-state index contributed by atoms with van der Waals surface area (Å²) in [6.45, 7) is 0.826. The van der Waals surface area contributed by atoms with Crippen molar-refractivity contribution in [3.8, 4) is 0 Å². The zero-order chi connectivity index (χ0) is 23.1. The monoisotopic (exact) mass is 445 g/mol. The van der Waals surface area contributed by atoms with E-state index in [9.17, 15) is 4.79 Å². The lowest BCUT2D eigenvalue weighted by Crippen LogP contribution is -2.45. The third-order valence-corrected chi connectivity index (χ3v) is 7.71. The van der Waals surface area contributed by atoms with Crippen LogP contribution in [0.4, 0.5) is 0 Å². The Hall–Kier alpha value is -2.59. The van der Waals surface area contributed by atoms with Crippen LogP contribution < -0.4 is 5.32 Å². The number of benzene rings is 2. The van der Waals surface area contributed by atoms with E-state index < -0.39 is 0 Å². The van der Waals surface area contributed by atoms with Crippen molar-refractivity contribution in [2.24, 2.45) is 5.92 Å². The van der Waals surface area contributed by atoms with Gasteiger partial charge in [0, 0.05) is 35.6 Å². The van der Waals surface area contributed by atoms with E-state index in [-0.39, 0.29) is 11.4 Å². The minimum Gasteiger partial charge on any atom is -0.361 e. The standard InChI is InChI=1S/C29H39N3O/c1-32(2)29(25-12-6-4-7-13-25)19-17-23(18-20-29)21-31-28(33)16-8-3-5-11-24-22-30-27-15-10-9-14-26(24)27/h4,6-7,9-10,12-15,22-23,30H,3,5,8,11,16-21H2,1-2H3,(H,31,33). The highest BCUT2D eigenvalue weighted by molar-refractivity contribution is 5.83. The second kappa shape index (κ2) is 11.0. The average molecular weight is 446 g/mol. The largest absolute Gasteiger partial charge is 0.361 e. The number of rotatable bonds is 10. The number of carbonyl (C=O) groups excluding carboxylic acids is 1. The van der Waals surface area contributed by atoms with Crippen LogP contribution in [0.25, 0.3) is 10.9 Å². The van der Waals surface area contributed by atoms with Gasteiger partial charge < -0.3 is 10.3 Å². The Kier molecular flexibility index (Phi) is 7.87. The lowest BCUT2D eigenvalue weighted by Gasteiger charge is -2.45. The summed E-state index contributed by atoms with van der Waals surface area (Å²) in [5.74, 6) is 0.808. The maximum absolute atomic E-state index is 12.4. The molecule has 33 heavy (non-hydrogen) atoms. The van der Waals surface area contributed by atoms with Gasteiger partial charge in [-0.2, -0.15) is 0 Å². The third-order valence-electron chi connectivity index (χ3n) is 7.71. The lowest BCUT2D eigenvalue weighted by atomic mass is 9.72. The van der Waals surface area contributed by atoms with E-state index in [4.69, 9.17) is 0 Å². The summed E-state index contributed by atoms with van der Waals surface area (Å²) in [6, 6.07) is 19.4. The number of aromatic amines is 1. The number of carbonyl (C=O) groups is 1. The van der Waals surface area contributed by atoms with Crippen molar-refractivity contribution in [2.75, 3.05) is 20.6 Å². The van der Waals surface area contributed by atoms with Gasteiger partial charge in [-0.1, -0.05) is 55.0 Å². The van der Waals surface area contributed by atoms with E-state index in [1.165, 1.54) is 22.0 Å². The molecule has 0 radical (unpaired) electrons. The summed E-state index contributed by atoms with van der Waals surface area (Å²) in [5, 5.41) is 4.55. The number of aromatic nitrogens is 1. The fraction of sp³-hybridized carbons (Fsp3) is 0.483. The van der Waals surface area contributed by atoms with Gasteiger partial charge in [-0.05, 0) is 82.2 Å². The number of H-pyrrole nitrogens is 1. The maximum Gasteiger partial charge on any atom is 0.220 e. The minimum atomic E-state index is 0.132. The summed E-state index contributed by atoms with van der Waals surface area (Å²) in [5.41, 5.74) is 4.15. The Morgan fingerprint density at radius 2 is 1.73 bits per heavy atom. The number of unbranched alkanes of at least 4 members (excludes halogenated alkanes) is 2. The smallest absolute Gasteiger partial charge is 0.220 e. The molecule has 4 heteroatoms. The van der Waals surface area contributed by atoms with E-state index in [0.29, 0.717) is 12.3 Å². The van der Waals surface area contributed by atoms with Gasteiger partial charge in [-0.3, -0.25) is 9.69 Å². The predicted molar refractivity (Wildman–Crippen MR) is 137 cm³/mol. The van der Waals surface area contributed by atoms with Crippen LogP contribution >= 0.6 is 0 Å². The highest BCUT2D eigenvalue weighted by atomic mass is 16.1. The molecule has 1 aromatic heterocycles. The number of para-hydroxylation sites is 1. The van der Waals surface area contributed by atoms with Crippen molar-refractivity contribution >= 4 is 16.8 Å². The molecule has 1 heterocycles. The Labute approximate surface area is 198 Å². The summed E-state index contributed by atoms with van der Waals surface area (Å²) in [6.07, 6.45) is 11.7. The molecule has 1 aliphatic carbocycles. The molecule has 4 rings (SSSR count). The van der Waals surface area contributed by atoms with E-state index >= 15 is 0 Å². The molecule has 4 nitrogen and oxygen atoms in total. The Morgan fingerprint density at radius 3 is 2.48 bits per heavy atom. The molecule has 0 saturated heterocycles. The van der Waals surface area contributed by atoms with Crippen molar-refractivity contribution in [1.82, 2.24) is 15.2 Å². The fourth-order valence-electron chi connectivity index (χ4n) is 5.56. The second-order valence-electron chi connectivity index (χ2n) is 9.96. The van der Waals surface area contributed by atoms with E-state index in [0.717, 1.165) is 57.9 Å². The summed E-state index contributed by atoms with van der Waals surface area (Å²) < 4.78 is 0. The Balaban J connectivity index is 1.14. The predicted octanol–water partition coefficient (Wildman–Crippen LogP) is 6.03. The molecule has 0 aliphatic heterocycles. The number of hydrogen-bond donors (Lipinski definition) is 2. The average Bonchev–Trinajstić information content (AvgIpc) is 3.26. The molecule has 2 N–H and O–H groups in total. The lowest BCUT2D eigenvalue weighted by molar-refractivity contribution is -0.121. The highest BCUT2D eigenvalue weighted by Gasteiger charge is 2.38. The van der Waals surface area contributed by atoms with E-state index in [1.807, 2.05) is 0 Å². The molecule has 0 atom stereocenters.